The molecule has 1 N–H and O–H groups in total. The molecule has 21 heavy (non-hydrogen) atoms. The number of rotatable bonds is 5. The van der Waals surface area contributed by atoms with Crippen molar-refractivity contribution in [2.45, 2.75) is 43.9 Å². The molecule has 1 aromatic heterocycles. The zero-order valence-electron chi connectivity index (χ0n) is 13.0. The van der Waals surface area contributed by atoms with Crippen molar-refractivity contribution in [3.8, 4) is 0 Å². The fourth-order valence-electron chi connectivity index (χ4n) is 2.56. The fourth-order valence-corrected chi connectivity index (χ4v) is 3.66. The maximum Gasteiger partial charge on any atom is 0.243 e. The summed E-state index contributed by atoms with van der Waals surface area (Å²) in [5, 5.41) is 3.89. The van der Waals surface area contributed by atoms with Crippen LogP contribution in [0.15, 0.2) is 17.3 Å². The summed E-state index contributed by atoms with van der Waals surface area (Å²) in [6.07, 6.45) is 3.19. The van der Waals surface area contributed by atoms with Crippen molar-refractivity contribution in [2.75, 3.05) is 19.6 Å². The lowest BCUT2D eigenvalue weighted by molar-refractivity contribution is -0.0776. The predicted octanol–water partition coefficient (Wildman–Crippen LogP) is 0.196. The van der Waals surface area contributed by atoms with Gasteiger partial charge in [-0.2, -0.15) is 5.10 Å². The van der Waals surface area contributed by atoms with Gasteiger partial charge in [-0.3, -0.25) is 9.58 Å². The van der Waals surface area contributed by atoms with Crippen LogP contribution in [0.4, 0.5) is 0 Å². The maximum absolute atomic E-state index is 12.2. The quantitative estimate of drug-likeness (QED) is 0.839. The predicted molar refractivity (Wildman–Crippen MR) is 79.4 cm³/mol. The molecule has 120 valence electrons. The lowest BCUT2D eigenvalue weighted by Crippen LogP contribution is -2.52. The molecule has 1 aliphatic heterocycles. The number of nitrogens with one attached hydrogen (secondary N) is 1. The molecule has 1 saturated heterocycles. The van der Waals surface area contributed by atoms with Crippen LogP contribution < -0.4 is 4.72 Å². The van der Waals surface area contributed by atoms with Crippen LogP contribution in [-0.2, 0) is 21.8 Å². The first-order chi connectivity index (χ1) is 9.78. The normalized spacial score (nSPS) is 25.9. The third kappa shape index (κ3) is 4.26. The maximum atomic E-state index is 12.2. The summed E-state index contributed by atoms with van der Waals surface area (Å²) in [5.74, 6) is 0. The monoisotopic (exact) mass is 316 g/mol. The molecular formula is C13H24N4O3S. The van der Waals surface area contributed by atoms with Crippen LogP contribution in [0.1, 0.15) is 20.8 Å². The van der Waals surface area contributed by atoms with Gasteiger partial charge in [0.05, 0.1) is 18.4 Å². The van der Waals surface area contributed by atoms with Gasteiger partial charge in [0.2, 0.25) is 10.0 Å². The average molecular weight is 316 g/mol. The van der Waals surface area contributed by atoms with Gasteiger partial charge in [-0.05, 0) is 20.8 Å². The molecule has 8 heteroatoms. The Hall–Kier alpha value is -0.960. The molecule has 1 fully saturated rings. The van der Waals surface area contributed by atoms with Gasteiger partial charge in [0.25, 0.3) is 0 Å². The van der Waals surface area contributed by atoms with Crippen molar-refractivity contribution in [3.63, 3.8) is 0 Å². The Morgan fingerprint density at radius 2 is 2.05 bits per heavy atom. The zero-order chi connectivity index (χ0) is 15.6. The summed E-state index contributed by atoms with van der Waals surface area (Å²) in [6, 6.07) is 0.116. The second-order valence-electron chi connectivity index (χ2n) is 5.76. The third-order valence-electron chi connectivity index (χ3n) is 3.63. The van der Waals surface area contributed by atoms with Crippen molar-refractivity contribution in [2.24, 2.45) is 7.05 Å². The van der Waals surface area contributed by atoms with Crippen molar-refractivity contribution in [3.05, 3.63) is 12.4 Å². The molecule has 0 saturated carbocycles. The molecule has 0 aromatic carbocycles. The number of morpholine rings is 1. The van der Waals surface area contributed by atoms with Gasteiger partial charge >= 0.3 is 0 Å². The minimum atomic E-state index is -3.49. The summed E-state index contributed by atoms with van der Waals surface area (Å²) in [5.41, 5.74) is 0. The first kappa shape index (κ1) is 16.4. The number of nitrogens with zero attached hydrogens (tertiary/aromatic N) is 3. The van der Waals surface area contributed by atoms with Crippen LogP contribution in [0.3, 0.4) is 0 Å². The molecule has 3 atom stereocenters. The van der Waals surface area contributed by atoms with E-state index >= 15 is 0 Å². The Kier molecular flexibility index (Phi) is 5.03. The topological polar surface area (TPSA) is 76.5 Å². The van der Waals surface area contributed by atoms with E-state index in [4.69, 9.17) is 4.74 Å². The standard InChI is InChI=1S/C13H24N4O3S/c1-10(17-7-11(2)20-12(3)8-17)5-15-21(18,19)13-6-14-16(4)9-13/h6,9-12,15H,5,7-8H2,1-4H3/t10-,11-,12-/m1/s1. The summed E-state index contributed by atoms with van der Waals surface area (Å²) >= 11 is 0. The summed E-state index contributed by atoms with van der Waals surface area (Å²) in [6.45, 7) is 8.11. The Labute approximate surface area is 126 Å². The molecule has 2 heterocycles. The van der Waals surface area contributed by atoms with E-state index in [-0.39, 0.29) is 23.1 Å². The van der Waals surface area contributed by atoms with E-state index in [0.717, 1.165) is 13.1 Å². The Morgan fingerprint density at radius 3 is 2.57 bits per heavy atom. The third-order valence-corrected chi connectivity index (χ3v) is 5.01. The van der Waals surface area contributed by atoms with E-state index in [1.54, 1.807) is 7.05 Å². The van der Waals surface area contributed by atoms with E-state index in [2.05, 4.69) is 14.7 Å². The number of hydrogen-bond donors (Lipinski definition) is 1. The summed E-state index contributed by atoms with van der Waals surface area (Å²) in [7, 11) is -1.80. The van der Waals surface area contributed by atoms with Crippen LogP contribution in [0, 0.1) is 0 Å². The zero-order valence-corrected chi connectivity index (χ0v) is 13.8. The van der Waals surface area contributed by atoms with E-state index < -0.39 is 10.0 Å². The molecule has 7 nitrogen and oxygen atoms in total. The summed E-state index contributed by atoms with van der Waals surface area (Å²) < 4.78 is 34.1. The van der Waals surface area contributed by atoms with Crippen LogP contribution in [-0.4, -0.2) is 61.0 Å². The first-order valence-corrected chi connectivity index (χ1v) is 8.64. The van der Waals surface area contributed by atoms with Gasteiger partial charge in [-0.15, -0.1) is 0 Å². The van der Waals surface area contributed by atoms with Gasteiger partial charge in [0, 0.05) is 38.9 Å². The van der Waals surface area contributed by atoms with Crippen LogP contribution >= 0.6 is 0 Å². The Balaban J connectivity index is 1.93. The SMILES string of the molecule is C[C@@H]1CN([C@H](C)CNS(=O)(=O)c2cnn(C)c2)C[C@@H](C)O1. The van der Waals surface area contributed by atoms with E-state index in [1.807, 2.05) is 20.8 Å². The van der Waals surface area contributed by atoms with E-state index in [9.17, 15) is 8.42 Å². The molecule has 0 spiro atoms. The number of hydrogen-bond acceptors (Lipinski definition) is 5. The molecule has 1 aromatic rings. The molecule has 2 rings (SSSR count). The Morgan fingerprint density at radius 1 is 1.43 bits per heavy atom. The van der Waals surface area contributed by atoms with Crippen LogP contribution in [0.25, 0.3) is 0 Å². The van der Waals surface area contributed by atoms with E-state index in [1.165, 1.54) is 17.1 Å². The average Bonchev–Trinajstić information content (AvgIpc) is 2.82. The van der Waals surface area contributed by atoms with Gasteiger partial charge in [-0.25, -0.2) is 13.1 Å². The lowest BCUT2D eigenvalue weighted by atomic mass is 10.2. The number of ether oxygens (including phenoxy) is 1. The molecule has 0 radical (unpaired) electrons. The van der Waals surface area contributed by atoms with Crippen molar-refractivity contribution in [1.82, 2.24) is 19.4 Å². The minimum Gasteiger partial charge on any atom is -0.373 e. The molecule has 0 aliphatic carbocycles. The smallest absolute Gasteiger partial charge is 0.243 e. The largest absolute Gasteiger partial charge is 0.373 e. The molecule has 1 aliphatic rings. The number of aryl methyl sites for hydroxylation is 1. The highest BCUT2D eigenvalue weighted by Gasteiger charge is 2.26. The molecule has 0 amide bonds. The highest BCUT2D eigenvalue weighted by molar-refractivity contribution is 7.89. The van der Waals surface area contributed by atoms with Gasteiger partial charge < -0.3 is 4.74 Å². The van der Waals surface area contributed by atoms with Gasteiger partial charge in [0.1, 0.15) is 4.90 Å². The molecule has 0 unspecified atom stereocenters. The molecule has 0 bridgehead atoms. The van der Waals surface area contributed by atoms with Gasteiger partial charge in [0.15, 0.2) is 0 Å². The van der Waals surface area contributed by atoms with Crippen molar-refractivity contribution < 1.29 is 13.2 Å². The Bertz CT molecular complexity index is 562. The van der Waals surface area contributed by atoms with Crippen molar-refractivity contribution in [1.29, 1.82) is 0 Å². The number of sulfonamides is 1. The second kappa shape index (κ2) is 6.43. The van der Waals surface area contributed by atoms with Crippen LogP contribution in [0.2, 0.25) is 0 Å². The highest BCUT2D eigenvalue weighted by Crippen LogP contribution is 2.14. The fraction of sp³-hybridized carbons (Fsp3) is 0.769. The molecular weight excluding hydrogens is 292 g/mol. The van der Waals surface area contributed by atoms with E-state index in [0.29, 0.717) is 6.54 Å². The lowest BCUT2D eigenvalue weighted by Gasteiger charge is -2.38. The second-order valence-corrected chi connectivity index (χ2v) is 7.53. The van der Waals surface area contributed by atoms with Gasteiger partial charge in [-0.1, -0.05) is 0 Å². The summed E-state index contributed by atoms with van der Waals surface area (Å²) in [4.78, 5) is 2.45. The van der Waals surface area contributed by atoms with Crippen molar-refractivity contribution >= 4 is 10.0 Å². The minimum absolute atomic E-state index is 0.116. The highest BCUT2D eigenvalue weighted by atomic mass is 32.2. The number of aromatic nitrogens is 2. The first-order valence-electron chi connectivity index (χ1n) is 7.15. The van der Waals surface area contributed by atoms with Crippen LogP contribution in [0.5, 0.6) is 0 Å².